The lowest BCUT2D eigenvalue weighted by molar-refractivity contribution is 0.102. The van der Waals surface area contributed by atoms with Gasteiger partial charge in [-0.15, -0.1) is 15.3 Å². The summed E-state index contributed by atoms with van der Waals surface area (Å²) in [6.45, 7) is 4.15. The van der Waals surface area contributed by atoms with E-state index < -0.39 is 0 Å². The summed E-state index contributed by atoms with van der Waals surface area (Å²) in [5.41, 5.74) is 10.2. The smallest absolute Gasteiger partial charge is 0.256 e. The van der Waals surface area contributed by atoms with Gasteiger partial charge >= 0.3 is 0 Å². The maximum Gasteiger partial charge on any atom is 0.256 e. The molecule has 82 heavy (non-hydrogen) atoms. The number of hydrogen-bond acceptors (Lipinski definition) is 10. The van der Waals surface area contributed by atoms with Gasteiger partial charge in [0.2, 0.25) is 0 Å². The van der Waals surface area contributed by atoms with Crippen LogP contribution in [0.15, 0.2) is 190 Å². The predicted molar refractivity (Wildman–Crippen MR) is 330 cm³/mol. The first-order valence-electron chi connectivity index (χ1n) is 26.7. The van der Waals surface area contributed by atoms with Gasteiger partial charge in [-0.25, -0.2) is 0 Å². The van der Waals surface area contributed by atoms with Crippen molar-refractivity contribution in [2.45, 2.75) is 26.7 Å². The fraction of sp³-hybridized carbons (Fsp3) is 0.0746. The number of azo groups is 2. The number of phenolic OH excluding ortho intramolecular Hbond substituents is 2. The SMILES string of the molecule is CCc1ccccc1NCOc1cc2ccc3c4cc(Cl)ccc4[nH]c3c2c(N=Nc2ccc3c4c(cccc24)C(=O)c2cc(N=Nc4c(O)c(NC(=O)c5ccccc5CC)cc5ccc6c7cc(Cl)ccc7[nH]c6c45)ccc2-3)c1O. The minimum Gasteiger partial charge on any atom is -0.504 e. The number of hydrogen-bond donors (Lipinski definition) is 6. The second-order valence-corrected chi connectivity index (χ2v) is 21.1. The zero-order valence-corrected chi connectivity index (χ0v) is 45.5. The van der Waals surface area contributed by atoms with Crippen LogP contribution in [0.4, 0.5) is 34.1 Å². The molecule has 0 fully saturated rings. The van der Waals surface area contributed by atoms with Crippen molar-refractivity contribution in [3.05, 3.63) is 208 Å². The Morgan fingerprint density at radius 1 is 0.537 bits per heavy atom. The van der Waals surface area contributed by atoms with Crippen molar-refractivity contribution in [1.82, 2.24) is 9.97 Å². The number of nitrogens with zero attached hydrogens (tertiary/aromatic N) is 4. The number of ketones is 1. The van der Waals surface area contributed by atoms with Crippen molar-refractivity contribution in [3.8, 4) is 28.4 Å². The summed E-state index contributed by atoms with van der Waals surface area (Å²) in [6.07, 6.45) is 1.48. The molecule has 0 spiro atoms. The van der Waals surface area contributed by atoms with Gasteiger partial charge in [0.05, 0.1) is 28.1 Å². The fourth-order valence-electron chi connectivity index (χ4n) is 11.7. The molecule has 0 aliphatic heterocycles. The van der Waals surface area contributed by atoms with E-state index in [4.69, 9.17) is 43.3 Å². The average Bonchev–Trinajstić information content (AvgIpc) is 4.17. The molecule has 15 heteroatoms. The highest BCUT2D eigenvalue weighted by Crippen LogP contribution is 2.50. The number of carbonyl (C=O) groups is 2. The van der Waals surface area contributed by atoms with E-state index in [0.29, 0.717) is 82.5 Å². The summed E-state index contributed by atoms with van der Waals surface area (Å²) < 4.78 is 6.26. The molecule has 0 bridgehead atoms. The Bertz CT molecular complexity index is 4970. The molecular weight excluding hydrogens is 1070 g/mol. The van der Waals surface area contributed by atoms with Crippen LogP contribution in [0.2, 0.25) is 10.0 Å². The topological polar surface area (TPSA) is 189 Å². The number of carbonyl (C=O) groups excluding carboxylic acids is 2. The van der Waals surface area contributed by atoms with E-state index in [2.05, 4.69) is 38.7 Å². The lowest BCUT2D eigenvalue weighted by Crippen LogP contribution is -2.14. The number of nitrogens with one attached hydrogen (secondary N) is 4. The predicted octanol–water partition coefficient (Wildman–Crippen LogP) is 19.0. The highest BCUT2D eigenvalue weighted by atomic mass is 35.5. The Morgan fingerprint density at radius 2 is 1.18 bits per heavy atom. The zero-order valence-electron chi connectivity index (χ0n) is 44.0. The van der Waals surface area contributed by atoms with Crippen LogP contribution in [0.3, 0.4) is 0 Å². The lowest BCUT2D eigenvalue weighted by atomic mass is 9.82. The van der Waals surface area contributed by atoms with Crippen LogP contribution < -0.4 is 15.4 Å². The number of ether oxygens (including phenoxy) is 1. The van der Waals surface area contributed by atoms with Crippen LogP contribution >= 0.6 is 23.2 Å². The number of amides is 1. The van der Waals surface area contributed by atoms with Crippen LogP contribution in [-0.4, -0.2) is 38.6 Å². The monoisotopic (exact) mass is 1110 g/mol. The third-order valence-corrected chi connectivity index (χ3v) is 16.1. The molecule has 6 N–H and O–H groups in total. The summed E-state index contributed by atoms with van der Waals surface area (Å²) in [6, 6.07) is 52.6. The van der Waals surface area contributed by atoms with Gasteiger partial charge in [-0.1, -0.05) is 128 Å². The number of halogens is 2. The van der Waals surface area contributed by atoms with Crippen LogP contribution in [0.5, 0.6) is 17.2 Å². The Kier molecular flexibility index (Phi) is 12.2. The highest BCUT2D eigenvalue weighted by Gasteiger charge is 2.28. The summed E-state index contributed by atoms with van der Waals surface area (Å²) in [7, 11) is 0. The minimum atomic E-state index is -0.379. The molecular formula is C67H46Cl2N8O5. The lowest BCUT2D eigenvalue weighted by Gasteiger charge is -2.20. The number of aryl methyl sites for hydroxylation is 2. The third-order valence-electron chi connectivity index (χ3n) is 15.6. The van der Waals surface area contributed by atoms with Gasteiger partial charge in [0.25, 0.3) is 5.91 Å². The number of benzene rings is 11. The van der Waals surface area contributed by atoms with Gasteiger partial charge < -0.3 is 35.6 Å². The van der Waals surface area contributed by atoms with E-state index in [0.717, 1.165) is 72.3 Å². The molecule has 11 aromatic carbocycles. The third kappa shape index (κ3) is 8.31. The number of aromatic nitrogens is 2. The van der Waals surface area contributed by atoms with Gasteiger partial charge in [-0.3, -0.25) is 9.59 Å². The summed E-state index contributed by atoms with van der Waals surface area (Å²) >= 11 is 13.0. The minimum absolute atomic E-state index is 0.0742. The van der Waals surface area contributed by atoms with E-state index in [1.165, 1.54) is 0 Å². The molecule has 0 saturated heterocycles. The molecule has 0 atom stereocenters. The number of phenols is 2. The number of aromatic hydroxyl groups is 2. The molecule has 13 nitrogen and oxygen atoms in total. The van der Waals surface area contributed by atoms with Gasteiger partial charge in [0.1, 0.15) is 11.4 Å². The van der Waals surface area contributed by atoms with Gasteiger partial charge in [-0.05, 0) is 125 Å². The second kappa shape index (κ2) is 19.9. The van der Waals surface area contributed by atoms with Crippen LogP contribution in [0.1, 0.15) is 51.3 Å². The van der Waals surface area contributed by atoms with E-state index in [-0.39, 0.29) is 52.7 Å². The van der Waals surface area contributed by atoms with Crippen molar-refractivity contribution in [1.29, 1.82) is 0 Å². The largest absolute Gasteiger partial charge is 0.504 e. The first-order valence-corrected chi connectivity index (χ1v) is 27.5. The first kappa shape index (κ1) is 50.2. The van der Waals surface area contributed by atoms with Crippen molar-refractivity contribution < 1.29 is 24.5 Å². The highest BCUT2D eigenvalue weighted by molar-refractivity contribution is 6.33. The maximum atomic E-state index is 14.8. The van der Waals surface area contributed by atoms with E-state index >= 15 is 0 Å². The van der Waals surface area contributed by atoms with E-state index in [1.807, 2.05) is 122 Å². The van der Waals surface area contributed by atoms with Crippen molar-refractivity contribution in [3.63, 3.8) is 0 Å². The van der Waals surface area contributed by atoms with Crippen LogP contribution in [0, 0.1) is 0 Å². The van der Waals surface area contributed by atoms with Crippen LogP contribution in [-0.2, 0) is 12.8 Å². The van der Waals surface area contributed by atoms with Crippen molar-refractivity contribution in [2.24, 2.45) is 20.5 Å². The second-order valence-electron chi connectivity index (χ2n) is 20.3. The van der Waals surface area contributed by atoms with Gasteiger partial charge in [-0.2, -0.15) is 5.11 Å². The summed E-state index contributed by atoms with van der Waals surface area (Å²) in [5.74, 6) is -0.872. The molecule has 13 aromatic rings. The van der Waals surface area contributed by atoms with E-state index in [1.54, 1.807) is 48.5 Å². The number of anilines is 2. The van der Waals surface area contributed by atoms with Crippen molar-refractivity contribution >= 4 is 145 Å². The molecule has 1 aliphatic carbocycles. The Morgan fingerprint density at radius 3 is 1.90 bits per heavy atom. The molecule has 2 heterocycles. The molecule has 0 unspecified atom stereocenters. The summed E-state index contributed by atoms with van der Waals surface area (Å²) in [5, 5.41) is 58.5. The number of rotatable bonds is 12. The fourth-order valence-corrected chi connectivity index (χ4v) is 12.0. The number of H-pyrrole nitrogens is 2. The Labute approximate surface area is 477 Å². The normalized spacial score (nSPS) is 12.4. The van der Waals surface area contributed by atoms with Gasteiger partial charge in [0.15, 0.2) is 29.8 Å². The molecule has 0 radical (unpaired) electrons. The Balaban J connectivity index is 0.844. The van der Waals surface area contributed by atoms with Gasteiger partial charge in [0, 0.05) is 86.5 Å². The number of aromatic amines is 2. The molecule has 1 aliphatic rings. The molecule has 1 amide bonds. The van der Waals surface area contributed by atoms with E-state index in [9.17, 15) is 19.8 Å². The molecule has 14 rings (SSSR count). The number of fused-ring (bicyclic) bond motifs is 12. The molecule has 398 valence electrons. The zero-order chi connectivity index (χ0) is 55.9. The molecule has 0 saturated carbocycles. The molecule has 2 aromatic heterocycles. The Hall–Kier alpha value is -10.1. The maximum absolute atomic E-state index is 14.8. The summed E-state index contributed by atoms with van der Waals surface area (Å²) in [4.78, 5) is 35.7. The first-order chi connectivity index (χ1) is 40.0. The quantitative estimate of drug-likeness (QED) is 0.0401. The van der Waals surface area contributed by atoms with Crippen LogP contribution in [0.25, 0.3) is 87.1 Å². The standard InChI is InChI=1S/C67H46Cl2N8O5/c1-3-34-10-5-7-12-41(34)67(81)73-55-28-36-16-21-44-48-30-38(68)18-25-52(48)71-60(44)57(36)62(65(55)79)76-74-40-20-23-42-43-24-27-54(46-13-9-14-47(59(43)46)64(78)50(42)32-40)75-77-63-58-37(17-22-45-49-31-39(69)19-26-53(49)72-61(45)58)29-56(66(63)80)82-33-70-51-15-8-6-11-35(51)4-2/h5-32,70-72,79-80H,3-4,33H2,1-2H3,(H,73,81). The average molecular weight is 1110 g/mol. The number of para-hydroxylation sites is 1. The van der Waals surface area contributed by atoms with Crippen molar-refractivity contribution in [2.75, 3.05) is 17.4 Å².